The molecule has 2 radical (unpaired) electrons. The van der Waals surface area contributed by atoms with Gasteiger partial charge in [-0.05, 0) is 57.7 Å². The predicted octanol–water partition coefficient (Wildman–Crippen LogP) is 3.55. The molecule has 2 aliphatic heterocycles. The molecule has 1 aromatic rings. The fraction of sp³-hybridized carbons (Fsp3) is 0.562. The van der Waals surface area contributed by atoms with Crippen LogP contribution in [-0.2, 0) is 5.41 Å². The standard InChI is InChI=1S/C16H21N/c1-13-6-4-5-7-14(13)16-10-8-15(2,9-11-16)17(3)12-16/h4-7H,8-11H2,1-3H3. The van der Waals surface area contributed by atoms with Gasteiger partial charge >= 0.3 is 0 Å². The van der Waals surface area contributed by atoms with Crippen LogP contribution in [0, 0.1) is 13.5 Å². The van der Waals surface area contributed by atoms with Gasteiger partial charge in [0.05, 0.1) is 6.54 Å². The number of piperidine rings is 2. The molecule has 0 unspecified atom stereocenters. The SMILES string of the molecule is Cc1ccccc1C12[C]N(C)C(C)(CC1)CC2. The minimum Gasteiger partial charge on any atom is -0.291 e. The quantitative estimate of drug-likeness (QED) is 0.709. The molecule has 2 saturated heterocycles. The van der Waals surface area contributed by atoms with Crippen LogP contribution in [0.1, 0.15) is 43.7 Å². The first-order chi connectivity index (χ1) is 8.06. The number of likely N-dealkylation sites (N-methyl/N-ethyl adjacent to an activating group) is 1. The molecule has 2 bridgehead atoms. The van der Waals surface area contributed by atoms with Gasteiger partial charge in [0.1, 0.15) is 0 Å². The zero-order valence-corrected chi connectivity index (χ0v) is 11.1. The molecule has 0 amide bonds. The Kier molecular flexibility index (Phi) is 2.38. The molecule has 4 rings (SSSR count). The molecule has 3 aliphatic rings. The van der Waals surface area contributed by atoms with Crippen LogP contribution < -0.4 is 0 Å². The molecular formula is C16H21N. The van der Waals surface area contributed by atoms with Gasteiger partial charge in [0.25, 0.3) is 0 Å². The largest absolute Gasteiger partial charge is 0.291 e. The third kappa shape index (κ3) is 1.55. The van der Waals surface area contributed by atoms with Gasteiger partial charge in [-0.1, -0.05) is 24.3 Å². The van der Waals surface area contributed by atoms with E-state index in [0.29, 0.717) is 5.54 Å². The first-order valence-corrected chi connectivity index (χ1v) is 6.64. The van der Waals surface area contributed by atoms with E-state index in [-0.39, 0.29) is 5.41 Å². The zero-order valence-electron chi connectivity index (χ0n) is 11.1. The minimum absolute atomic E-state index is 0.192. The molecule has 1 heteroatoms. The summed E-state index contributed by atoms with van der Waals surface area (Å²) in [5.41, 5.74) is 3.47. The summed E-state index contributed by atoms with van der Waals surface area (Å²) in [6.45, 7) is 8.37. The molecular weight excluding hydrogens is 206 g/mol. The van der Waals surface area contributed by atoms with Crippen LogP contribution >= 0.6 is 0 Å². The molecule has 0 N–H and O–H groups in total. The molecule has 2 heterocycles. The second-order valence-corrected chi connectivity index (χ2v) is 6.06. The number of hydrogen-bond donors (Lipinski definition) is 0. The third-order valence-electron chi connectivity index (χ3n) is 5.03. The second-order valence-electron chi connectivity index (χ2n) is 6.06. The highest BCUT2D eigenvalue weighted by Gasteiger charge is 2.51. The lowest BCUT2D eigenvalue weighted by Gasteiger charge is -2.57. The van der Waals surface area contributed by atoms with E-state index in [1.807, 2.05) is 0 Å². The Bertz CT molecular complexity index is 427. The van der Waals surface area contributed by atoms with Crippen molar-refractivity contribution in [2.45, 2.75) is 50.5 Å². The summed E-state index contributed by atoms with van der Waals surface area (Å²) < 4.78 is 0. The van der Waals surface area contributed by atoms with Crippen molar-refractivity contribution in [1.29, 1.82) is 0 Å². The van der Waals surface area contributed by atoms with E-state index in [9.17, 15) is 0 Å². The van der Waals surface area contributed by atoms with Gasteiger partial charge in [-0.15, -0.1) is 0 Å². The molecule has 1 nitrogen and oxygen atoms in total. The van der Waals surface area contributed by atoms with Crippen LogP contribution in [-0.4, -0.2) is 17.5 Å². The van der Waals surface area contributed by atoms with E-state index in [0.717, 1.165) is 0 Å². The van der Waals surface area contributed by atoms with Gasteiger partial charge in [-0.3, -0.25) is 4.90 Å². The van der Waals surface area contributed by atoms with Gasteiger partial charge in [0.2, 0.25) is 0 Å². The van der Waals surface area contributed by atoms with E-state index in [1.54, 1.807) is 0 Å². The molecule has 3 fully saturated rings. The summed E-state index contributed by atoms with van der Waals surface area (Å²) in [4.78, 5) is 2.35. The number of aryl methyl sites for hydroxylation is 1. The smallest absolute Gasteiger partial charge is 0.0733 e. The number of nitrogens with zero attached hydrogens (tertiary/aromatic N) is 1. The maximum absolute atomic E-state index is 3.76. The Morgan fingerprint density at radius 3 is 2.35 bits per heavy atom. The highest BCUT2D eigenvalue weighted by atomic mass is 15.2. The maximum Gasteiger partial charge on any atom is 0.0733 e. The fourth-order valence-corrected chi connectivity index (χ4v) is 3.56. The van der Waals surface area contributed by atoms with E-state index in [4.69, 9.17) is 0 Å². The fourth-order valence-electron chi connectivity index (χ4n) is 3.56. The van der Waals surface area contributed by atoms with Gasteiger partial charge in [0.15, 0.2) is 0 Å². The number of rotatable bonds is 1. The van der Waals surface area contributed by atoms with Crippen LogP contribution in [0.25, 0.3) is 0 Å². The monoisotopic (exact) mass is 227 g/mol. The first-order valence-electron chi connectivity index (χ1n) is 6.64. The molecule has 17 heavy (non-hydrogen) atoms. The van der Waals surface area contributed by atoms with Crippen molar-refractivity contribution in [3.63, 3.8) is 0 Å². The summed E-state index contributed by atoms with van der Waals surface area (Å²) in [5.74, 6) is 0. The van der Waals surface area contributed by atoms with Gasteiger partial charge in [0, 0.05) is 11.0 Å². The molecule has 0 atom stereocenters. The topological polar surface area (TPSA) is 3.24 Å². The number of fused-ring (bicyclic) bond motifs is 3. The van der Waals surface area contributed by atoms with Crippen molar-refractivity contribution in [3.05, 3.63) is 41.9 Å². The first kappa shape index (κ1) is 11.3. The summed E-state index contributed by atoms with van der Waals surface area (Å²) >= 11 is 0. The lowest BCUT2D eigenvalue weighted by molar-refractivity contribution is 0.0160. The van der Waals surface area contributed by atoms with E-state index >= 15 is 0 Å². The average Bonchev–Trinajstić information content (AvgIpc) is 2.32. The summed E-state index contributed by atoms with van der Waals surface area (Å²) in [5, 5.41) is 0. The Labute approximate surface area is 105 Å². The number of hydrogen-bond acceptors (Lipinski definition) is 1. The van der Waals surface area contributed by atoms with Crippen LogP contribution in [0.2, 0.25) is 0 Å². The van der Waals surface area contributed by atoms with Crippen molar-refractivity contribution >= 4 is 0 Å². The summed E-state index contributed by atoms with van der Waals surface area (Å²) in [6, 6.07) is 8.83. The molecule has 1 saturated carbocycles. The molecule has 1 aliphatic carbocycles. The van der Waals surface area contributed by atoms with Crippen molar-refractivity contribution in [2.24, 2.45) is 0 Å². The van der Waals surface area contributed by atoms with Gasteiger partial charge in [-0.2, -0.15) is 0 Å². The highest BCUT2D eigenvalue weighted by Crippen LogP contribution is 2.53. The maximum atomic E-state index is 3.76. The van der Waals surface area contributed by atoms with Crippen LogP contribution in [0.3, 0.4) is 0 Å². The van der Waals surface area contributed by atoms with Crippen molar-refractivity contribution in [1.82, 2.24) is 4.90 Å². The van der Waals surface area contributed by atoms with Crippen LogP contribution in [0.5, 0.6) is 0 Å². The Morgan fingerprint density at radius 1 is 1.12 bits per heavy atom. The van der Waals surface area contributed by atoms with Crippen LogP contribution in [0.15, 0.2) is 24.3 Å². The molecule has 1 aromatic carbocycles. The highest BCUT2D eigenvalue weighted by molar-refractivity contribution is 5.38. The van der Waals surface area contributed by atoms with E-state index < -0.39 is 0 Å². The zero-order chi connectivity index (χ0) is 12.1. The van der Waals surface area contributed by atoms with Crippen molar-refractivity contribution in [3.8, 4) is 0 Å². The third-order valence-corrected chi connectivity index (χ3v) is 5.03. The van der Waals surface area contributed by atoms with Crippen LogP contribution in [0.4, 0.5) is 0 Å². The lowest BCUT2D eigenvalue weighted by Crippen LogP contribution is -2.58. The lowest BCUT2D eigenvalue weighted by atomic mass is 9.59. The Morgan fingerprint density at radius 2 is 1.76 bits per heavy atom. The Hall–Kier alpha value is -0.820. The van der Waals surface area contributed by atoms with Crippen molar-refractivity contribution in [2.75, 3.05) is 7.05 Å². The van der Waals surface area contributed by atoms with E-state index in [1.165, 1.54) is 36.8 Å². The Balaban J connectivity index is 2.01. The van der Waals surface area contributed by atoms with Crippen molar-refractivity contribution < 1.29 is 0 Å². The average molecular weight is 227 g/mol. The minimum atomic E-state index is 0.192. The van der Waals surface area contributed by atoms with Gasteiger partial charge < -0.3 is 0 Å². The molecule has 0 aromatic heterocycles. The normalized spacial score (nSPS) is 37.4. The molecule has 90 valence electrons. The molecule has 0 spiro atoms. The number of benzene rings is 1. The summed E-state index contributed by atoms with van der Waals surface area (Å²) in [6.07, 6.45) is 5.12. The summed E-state index contributed by atoms with van der Waals surface area (Å²) in [7, 11) is 2.20. The predicted molar refractivity (Wildman–Crippen MR) is 70.7 cm³/mol. The van der Waals surface area contributed by atoms with E-state index in [2.05, 4.69) is 56.6 Å². The van der Waals surface area contributed by atoms with Gasteiger partial charge in [-0.25, -0.2) is 0 Å². The second kappa shape index (κ2) is 3.58.